The molecule has 0 heterocycles. The standard InChI is InChI=1S/2C8H21NO3Si/c2*1-9(2)7-6-8-13(10-3,11-4)12-5/h2*6-8H2,1-5H3. The summed E-state index contributed by atoms with van der Waals surface area (Å²) in [6, 6.07) is 1.74. The molecule has 10 heteroatoms. The van der Waals surface area contributed by atoms with E-state index in [1.54, 1.807) is 42.7 Å². The summed E-state index contributed by atoms with van der Waals surface area (Å²) in [5.74, 6) is 0. The van der Waals surface area contributed by atoms with Crippen LogP contribution in [0.5, 0.6) is 0 Å². The Bertz CT molecular complexity index is 271. The highest BCUT2D eigenvalue weighted by Gasteiger charge is 2.37. The van der Waals surface area contributed by atoms with Gasteiger partial charge < -0.3 is 36.4 Å². The highest BCUT2D eigenvalue weighted by molar-refractivity contribution is 6.60. The first-order chi connectivity index (χ1) is 12.2. The van der Waals surface area contributed by atoms with Gasteiger partial charge in [0.25, 0.3) is 0 Å². The first-order valence-electron chi connectivity index (χ1n) is 8.80. The van der Waals surface area contributed by atoms with Gasteiger partial charge in [0.05, 0.1) is 0 Å². The minimum Gasteiger partial charge on any atom is -0.377 e. The van der Waals surface area contributed by atoms with Crippen molar-refractivity contribution >= 4 is 17.6 Å². The second kappa shape index (κ2) is 16.1. The molecule has 0 saturated carbocycles. The highest BCUT2D eigenvalue weighted by atomic mass is 28.4. The molecule has 0 bridgehead atoms. The van der Waals surface area contributed by atoms with Gasteiger partial charge in [0.1, 0.15) is 0 Å². The Balaban J connectivity index is 0. The lowest BCUT2D eigenvalue weighted by Crippen LogP contribution is -2.43. The van der Waals surface area contributed by atoms with Gasteiger partial charge >= 0.3 is 17.6 Å². The van der Waals surface area contributed by atoms with Crippen LogP contribution in [0.3, 0.4) is 0 Å². The Morgan fingerprint density at radius 3 is 0.885 bits per heavy atom. The van der Waals surface area contributed by atoms with E-state index in [0.29, 0.717) is 0 Å². The van der Waals surface area contributed by atoms with Crippen LogP contribution in [0.25, 0.3) is 0 Å². The van der Waals surface area contributed by atoms with Gasteiger partial charge in [-0.15, -0.1) is 0 Å². The number of hydrogen-bond acceptors (Lipinski definition) is 8. The van der Waals surface area contributed by atoms with Crippen LogP contribution in [0.2, 0.25) is 12.1 Å². The lowest BCUT2D eigenvalue weighted by molar-refractivity contribution is 0.121. The fraction of sp³-hybridized carbons (Fsp3) is 1.00. The van der Waals surface area contributed by atoms with Gasteiger partial charge in [0, 0.05) is 54.7 Å². The summed E-state index contributed by atoms with van der Waals surface area (Å²) >= 11 is 0. The fourth-order valence-corrected chi connectivity index (χ4v) is 5.74. The van der Waals surface area contributed by atoms with Crippen molar-refractivity contribution in [3.63, 3.8) is 0 Å². The second-order valence-corrected chi connectivity index (χ2v) is 12.6. The van der Waals surface area contributed by atoms with Crippen molar-refractivity contribution in [1.82, 2.24) is 9.80 Å². The Kier molecular flexibility index (Phi) is 17.5. The summed E-state index contributed by atoms with van der Waals surface area (Å²) in [6.07, 6.45) is 2.07. The van der Waals surface area contributed by atoms with Crippen molar-refractivity contribution in [2.75, 3.05) is 83.9 Å². The van der Waals surface area contributed by atoms with Crippen LogP contribution >= 0.6 is 0 Å². The first kappa shape index (κ1) is 28.3. The summed E-state index contributed by atoms with van der Waals surface area (Å²) in [6.45, 7) is 2.07. The van der Waals surface area contributed by atoms with E-state index in [1.807, 2.05) is 0 Å². The third-order valence-corrected chi connectivity index (χ3v) is 9.71. The molecule has 0 aliphatic carbocycles. The van der Waals surface area contributed by atoms with Gasteiger partial charge in [-0.05, 0) is 54.1 Å². The van der Waals surface area contributed by atoms with Gasteiger partial charge in [-0.3, -0.25) is 0 Å². The van der Waals surface area contributed by atoms with E-state index < -0.39 is 17.6 Å². The van der Waals surface area contributed by atoms with E-state index in [2.05, 4.69) is 38.0 Å². The van der Waals surface area contributed by atoms with E-state index >= 15 is 0 Å². The molecule has 0 aromatic carbocycles. The molecule has 0 radical (unpaired) electrons. The topological polar surface area (TPSA) is 61.9 Å². The molecule has 0 N–H and O–H groups in total. The molecule has 8 nitrogen and oxygen atoms in total. The van der Waals surface area contributed by atoms with E-state index in [1.165, 1.54) is 0 Å². The molecule has 0 aromatic rings. The Hall–Kier alpha value is 0.114. The molecule has 0 spiro atoms. The maximum atomic E-state index is 5.29. The van der Waals surface area contributed by atoms with E-state index in [9.17, 15) is 0 Å². The van der Waals surface area contributed by atoms with Crippen molar-refractivity contribution in [2.24, 2.45) is 0 Å². The second-order valence-electron chi connectivity index (χ2n) is 6.40. The van der Waals surface area contributed by atoms with Crippen LogP contribution < -0.4 is 0 Å². The monoisotopic (exact) mass is 414 g/mol. The molecular weight excluding hydrogens is 372 g/mol. The van der Waals surface area contributed by atoms with Crippen molar-refractivity contribution in [1.29, 1.82) is 0 Å². The molecule has 0 aliphatic rings. The maximum absolute atomic E-state index is 5.29. The molecular formula is C16H42N2O6Si2. The van der Waals surface area contributed by atoms with Crippen LogP contribution in [0.1, 0.15) is 12.8 Å². The van der Waals surface area contributed by atoms with E-state index in [4.69, 9.17) is 26.6 Å². The Morgan fingerprint density at radius 2 is 0.731 bits per heavy atom. The normalized spacial score (nSPS) is 12.5. The lowest BCUT2D eigenvalue weighted by Gasteiger charge is -2.24. The van der Waals surface area contributed by atoms with Crippen molar-refractivity contribution in [2.45, 2.75) is 24.9 Å². The number of hydrogen-bond donors (Lipinski definition) is 0. The number of rotatable bonds is 14. The minimum atomic E-state index is -2.31. The van der Waals surface area contributed by atoms with Crippen LogP contribution in [-0.2, 0) is 26.6 Å². The molecule has 0 rings (SSSR count). The summed E-state index contributed by atoms with van der Waals surface area (Å²) in [4.78, 5) is 4.28. The van der Waals surface area contributed by atoms with Crippen LogP contribution in [0.15, 0.2) is 0 Å². The molecule has 0 amide bonds. The van der Waals surface area contributed by atoms with Gasteiger partial charge in [0.15, 0.2) is 0 Å². The lowest BCUT2D eigenvalue weighted by atomic mass is 10.5. The number of nitrogens with zero attached hydrogens (tertiary/aromatic N) is 2. The van der Waals surface area contributed by atoms with E-state index in [0.717, 1.165) is 38.0 Å². The van der Waals surface area contributed by atoms with Crippen molar-refractivity contribution in [3.8, 4) is 0 Å². The third kappa shape index (κ3) is 12.5. The smallest absolute Gasteiger partial charge is 0.377 e. The molecule has 160 valence electrons. The predicted octanol–water partition coefficient (Wildman–Crippen LogP) is 1.63. The third-order valence-electron chi connectivity index (χ3n) is 4.04. The van der Waals surface area contributed by atoms with Crippen LogP contribution in [-0.4, -0.2) is 111 Å². The van der Waals surface area contributed by atoms with Crippen LogP contribution in [0, 0.1) is 0 Å². The Morgan fingerprint density at radius 1 is 0.500 bits per heavy atom. The molecule has 0 fully saturated rings. The van der Waals surface area contributed by atoms with Crippen LogP contribution in [0.4, 0.5) is 0 Å². The molecule has 0 unspecified atom stereocenters. The zero-order valence-corrected chi connectivity index (χ0v) is 20.6. The summed E-state index contributed by atoms with van der Waals surface area (Å²) < 4.78 is 31.8. The average Bonchev–Trinajstić information content (AvgIpc) is 2.63. The van der Waals surface area contributed by atoms with Gasteiger partial charge in [-0.1, -0.05) is 0 Å². The van der Waals surface area contributed by atoms with Crippen molar-refractivity contribution < 1.29 is 26.6 Å². The molecule has 0 saturated heterocycles. The van der Waals surface area contributed by atoms with Gasteiger partial charge in [-0.2, -0.15) is 0 Å². The zero-order chi connectivity index (χ0) is 20.6. The van der Waals surface area contributed by atoms with Gasteiger partial charge in [-0.25, -0.2) is 0 Å². The summed E-state index contributed by atoms with van der Waals surface area (Å²) in [7, 11) is 13.5. The first-order valence-corrected chi connectivity index (χ1v) is 12.7. The predicted molar refractivity (Wildman–Crippen MR) is 110 cm³/mol. The zero-order valence-electron chi connectivity index (χ0n) is 18.6. The minimum absolute atomic E-state index is 0.870. The fourth-order valence-electron chi connectivity index (χ4n) is 2.34. The SMILES string of the molecule is CO[Si](CCCN(C)C)(OC)OC.CO[Si](CCCN(C)C)(OC)OC. The molecule has 0 aliphatic heterocycles. The molecule has 0 atom stereocenters. The molecule has 26 heavy (non-hydrogen) atoms. The maximum Gasteiger partial charge on any atom is 0.500 e. The summed E-state index contributed by atoms with van der Waals surface area (Å²) in [5, 5.41) is 0. The summed E-state index contributed by atoms with van der Waals surface area (Å²) in [5.41, 5.74) is 0. The van der Waals surface area contributed by atoms with E-state index in [-0.39, 0.29) is 0 Å². The largest absolute Gasteiger partial charge is 0.500 e. The Labute approximate surface area is 163 Å². The quantitative estimate of drug-likeness (QED) is 0.398. The average molecular weight is 415 g/mol. The molecule has 0 aromatic heterocycles. The highest BCUT2D eigenvalue weighted by Crippen LogP contribution is 2.15. The van der Waals surface area contributed by atoms with Crippen molar-refractivity contribution in [3.05, 3.63) is 0 Å². The van der Waals surface area contributed by atoms with Gasteiger partial charge in [0.2, 0.25) is 0 Å².